The number of aromatic nitrogens is 3. The van der Waals surface area contributed by atoms with Crippen LogP contribution in [0.4, 0.5) is 4.79 Å². The molecule has 0 spiro atoms. The van der Waals surface area contributed by atoms with Crippen LogP contribution in [0, 0.1) is 0 Å². The second-order valence-electron chi connectivity index (χ2n) is 9.66. The van der Waals surface area contributed by atoms with Gasteiger partial charge in [-0.15, -0.1) is 0 Å². The molecule has 0 saturated heterocycles. The van der Waals surface area contributed by atoms with Crippen LogP contribution in [0.1, 0.15) is 18.1 Å². The van der Waals surface area contributed by atoms with Gasteiger partial charge in [0.1, 0.15) is 23.4 Å². The summed E-state index contributed by atoms with van der Waals surface area (Å²) < 4.78 is 39.3. The molecule has 9 nitrogen and oxygen atoms in total. The largest absolute Gasteiger partial charge is 0.515 e. The minimum absolute atomic E-state index is 0.176. The number of carbonyl (C=O) groups is 1. The number of hydrogen-bond acceptors (Lipinski definition) is 9. The average molecular weight is 596 g/mol. The molecule has 218 valence electrons. The van der Waals surface area contributed by atoms with E-state index < -0.39 is 6.16 Å². The molecule has 0 aliphatic carbocycles. The summed E-state index contributed by atoms with van der Waals surface area (Å²) in [6.07, 6.45) is -0.798. The number of ether oxygens (including phenoxy) is 5. The van der Waals surface area contributed by atoms with E-state index in [0.717, 1.165) is 38.6 Å². The summed E-state index contributed by atoms with van der Waals surface area (Å²) in [6.45, 7) is 2.64. The number of rotatable bonds is 10. The summed E-state index contributed by atoms with van der Waals surface area (Å²) in [5.41, 5.74) is 5.92. The smallest absolute Gasteiger partial charge is 0.497 e. The Morgan fingerprint density at radius 2 is 1.63 bits per heavy atom. The van der Waals surface area contributed by atoms with Gasteiger partial charge in [0.05, 0.1) is 50.2 Å². The van der Waals surface area contributed by atoms with Crippen LogP contribution in [0.2, 0.25) is 0 Å². The van der Waals surface area contributed by atoms with Crippen molar-refractivity contribution in [3.63, 3.8) is 0 Å². The number of fused-ring (bicyclic) bond motifs is 2. The molecule has 10 heteroatoms. The van der Waals surface area contributed by atoms with Crippen LogP contribution in [0.3, 0.4) is 0 Å². The van der Waals surface area contributed by atoms with E-state index in [9.17, 15) is 4.79 Å². The topological polar surface area (TPSA) is 93.9 Å². The van der Waals surface area contributed by atoms with Crippen LogP contribution in [0.5, 0.6) is 23.1 Å². The normalized spacial score (nSPS) is 11.0. The molecule has 6 aromatic rings. The van der Waals surface area contributed by atoms with Crippen LogP contribution < -0.4 is 18.9 Å². The number of benzene rings is 4. The maximum Gasteiger partial charge on any atom is 0.515 e. The molecule has 2 heterocycles. The Kier molecular flexibility index (Phi) is 8.10. The first-order chi connectivity index (χ1) is 21.1. The van der Waals surface area contributed by atoms with E-state index in [-0.39, 0.29) is 6.61 Å². The summed E-state index contributed by atoms with van der Waals surface area (Å²) in [5.74, 6) is 2.14. The van der Waals surface area contributed by atoms with E-state index in [4.69, 9.17) is 23.7 Å². The maximum atomic E-state index is 12.8. The van der Waals surface area contributed by atoms with Gasteiger partial charge in [-0.3, -0.25) is 0 Å². The van der Waals surface area contributed by atoms with Crippen molar-refractivity contribution < 1.29 is 28.5 Å². The summed E-state index contributed by atoms with van der Waals surface area (Å²) in [7, 11) is 3.22. The number of carbonyl (C=O) groups excluding carboxylic acids is 1. The third-order valence-corrected chi connectivity index (χ3v) is 7.57. The Morgan fingerprint density at radius 1 is 0.837 bits per heavy atom. The lowest BCUT2D eigenvalue weighted by Crippen LogP contribution is -2.14. The second-order valence-corrected chi connectivity index (χ2v) is 10.2. The number of nitrogens with zero attached hydrogens (tertiary/aromatic N) is 3. The lowest BCUT2D eigenvalue weighted by atomic mass is 10.0. The van der Waals surface area contributed by atoms with Crippen molar-refractivity contribution in [2.45, 2.75) is 20.1 Å². The quantitative estimate of drug-likeness (QED) is 0.150. The first-order valence-corrected chi connectivity index (χ1v) is 14.4. The van der Waals surface area contributed by atoms with E-state index in [1.165, 1.54) is 11.7 Å². The van der Waals surface area contributed by atoms with Gasteiger partial charge < -0.3 is 28.3 Å². The molecule has 0 fully saturated rings. The Balaban J connectivity index is 1.56. The zero-order valence-corrected chi connectivity index (χ0v) is 24.7. The molecule has 0 unspecified atom stereocenters. The standard InChI is InChI=1S/C33H29N3O6S/c1-4-40-33(37)42-32-31(23-11-13-24(38-2)14-12-23)25-17-29(39-3)30(41-20-21-8-6-5-7-9-21)18-28(25)36(32)19-22-10-15-26-27(16-22)35-43-34-26/h5-18H,4,19-20H2,1-3H3. The monoisotopic (exact) mass is 595 g/mol. The van der Waals surface area contributed by atoms with Crippen LogP contribution in [-0.4, -0.2) is 40.3 Å². The fourth-order valence-corrected chi connectivity index (χ4v) is 5.49. The molecule has 0 aliphatic rings. The van der Waals surface area contributed by atoms with Crippen LogP contribution in [0.25, 0.3) is 33.1 Å². The maximum absolute atomic E-state index is 12.8. The van der Waals surface area contributed by atoms with E-state index in [2.05, 4.69) is 8.75 Å². The van der Waals surface area contributed by atoms with E-state index in [1.807, 2.05) is 89.5 Å². The molecule has 0 atom stereocenters. The molecule has 6 rings (SSSR count). The summed E-state index contributed by atoms with van der Waals surface area (Å²) in [4.78, 5) is 12.8. The molecule has 4 aromatic carbocycles. The Bertz CT molecular complexity index is 1880. The van der Waals surface area contributed by atoms with E-state index in [1.54, 1.807) is 21.1 Å². The fraction of sp³-hybridized carbons (Fsp3) is 0.182. The fourth-order valence-electron chi connectivity index (χ4n) is 4.97. The van der Waals surface area contributed by atoms with Gasteiger partial charge in [-0.1, -0.05) is 48.5 Å². The Hall–Kier alpha value is -5.09. The molecule has 2 aromatic heterocycles. The SMILES string of the molecule is CCOC(=O)Oc1c(-c2ccc(OC)cc2)c2cc(OC)c(OCc3ccccc3)cc2n1Cc1ccc2nsnc2c1. The van der Waals surface area contributed by atoms with Gasteiger partial charge in [0.2, 0.25) is 5.88 Å². The highest BCUT2D eigenvalue weighted by Gasteiger charge is 2.26. The predicted octanol–water partition coefficient (Wildman–Crippen LogP) is 7.49. The molecular weight excluding hydrogens is 566 g/mol. The van der Waals surface area contributed by atoms with Gasteiger partial charge in [0.15, 0.2) is 11.5 Å². The van der Waals surface area contributed by atoms with Crippen molar-refractivity contribution in [3.8, 4) is 34.3 Å². The van der Waals surface area contributed by atoms with Crippen molar-refractivity contribution in [2.24, 2.45) is 0 Å². The van der Waals surface area contributed by atoms with Crippen molar-refractivity contribution in [1.29, 1.82) is 0 Å². The lowest BCUT2D eigenvalue weighted by molar-refractivity contribution is 0.101. The highest BCUT2D eigenvalue weighted by Crippen LogP contribution is 2.45. The Morgan fingerprint density at radius 3 is 2.37 bits per heavy atom. The van der Waals surface area contributed by atoms with Gasteiger partial charge in [-0.25, -0.2) is 4.79 Å². The molecule has 0 bridgehead atoms. The zero-order chi connectivity index (χ0) is 29.8. The predicted molar refractivity (Wildman–Crippen MR) is 165 cm³/mol. The zero-order valence-electron chi connectivity index (χ0n) is 23.9. The van der Waals surface area contributed by atoms with Gasteiger partial charge in [0.25, 0.3) is 0 Å². The van der Waals surface area contributed by atoms with Gasteiger partial charge in [-0.05, 0) is 53.9 Å². The van der Waals surface area contributed by atoms with Gasteiger partial charge in [0, 0.05) is 11.5 Å². The van der Waals surface area contributed by atoms with Gasteiger partial charge in [-0.2, -0.15) is 8.75 Å². The molecule has 0 aliphatic heterocycles. The summed E-state index contributed by atoms with van der Waals surface area (Å²) in [5, 5.41) is 0.810. The molecule has 0 N–H and O–H groups in total. The van der Waals surface area contributed by atoms with Crippen molar-refractivity contribution in [1.82, 2.24) is 13.3 Å². The molecule has 0 saturated carbocycles. The highest BCUT2D eigenvalue weighted by molar-refractivity contribution is 7.00. The molecule has 0 radical (unpaired) electrons. The lowest BCUT2D eigenvalue weighted by Gasteiger charge is -2.14. The minimum atomic E-state index is -0.798. The average Bonchev–Trinajstić information content (AvgIpc) is 3.62. The molecular formula is C33H29N3O6S. The van der Waals surface area contributed by atoms with Crippen LogP contribution >= 0.6 is 11.7 Å². The first kappa shape index (κ1) is 28.0. The Labute approximate surface area is 252 Å². The van der Waals surface area contributed by atoms with E-state index >= 15 is 0 Å². The van der Waals surface area contributed by atoms with Crippen molar-refractivity contribution >= 4 is 39.8 Å². The van der Waals surface area contributed by atoms with E-state index in [0.29, 0.717) is 41.8 Å². The number of hydrogen-bond donors (Lipinski definition) is 0. The summed E-state index contributed by atoms with van der Waals surface area (Å²) >= 11 is 1.17. The van der Waals surface area contributed by atoms with Gasteiger partial charge >= 0.3 is 6.16 Å². The minimum Gasteiger partial charge on any atom is -0.497 e. The van der Waals surface area contributed by atoms with Crippen molar-refractivity contribution in [3.05, 3.63) is 96.1 Å². The van der Waals surface area contributed by atoms with Crippen molar-refractivity contribution in [2.75, 3.05) is 20.8 Å². The summed E-state index contributed by atoms with van der Waals surface area (Å²) in [6, 6.07) is 27.3. The molecule has 43 heavy (non-hydrogen) atoms. The first-order valence-electron chi connectivity index (χ1n) is 13.7. The molecule has 0 amide bonds. The second kappa shape index (κ2) is 12.4. The van der Waals surface area contributed by atoms with Crippen LogP contribution in [0.15, 0.2) is 84.9 Å². The number of methoxy groups -OCH3 is 2. The third-order valence-electron chi connectivity index (χ3n) is 7.02. The highest BCUT2D eigenvalue weighted by atomic mass is 32.1. The van der Waals surface area contributed by atoms with Crippen LogP contribution in [-0.2, 0) is 17.9 Å². The third kappa shape index (κ3) is 5.82.